The van der Waals surface area contributed by atoms with Crippen molar-refractivity contribution in [3.63, 3.8) is 0 Å². The van der Waals surface area contributed by atoms with Crippen molar-refractivity contribution in [3.05, 3.63) is 38.7 Å². The van der Waals surface area contributed by atoms with Gasteiger partial charge in [-0.15, -0.1) is 0 Å². The molecule has 2 heterocycles. The summed E-state index contributed by atoms with van der Waals surface area (Å²) in [5.74, 6) is 0. The Balaban J connectivity index is 2.20. The predicted octanol–water partition coefficient (Wildman–Crippen LogP) is -0.700. The molecule has 2 aromatic rings. The summed E-state index contributed by atoms with van der Waals surface area (Å²) in [6.45, 7) is 1.91. The van der Waals surface area contributed by atoms with Crippen LogP contribution in [0.2, 0.25) is 0 Å². The summed E-state index contributed by atoms with van der Waals surface area (Å²) in [7, 11) is 1.58. The Labute approximate surface area is 118 Å². The minimum Gasteiger partial charge on any atom is -0.328 e. The fourth-order valence-corrected chi connectivity index (χ4v) is 2.19. The number of aromatic nitrogens is 5. The number of nitrogens with one attached hydrogen (secondary N) is 1. The first-order valence-electron chi connectivity index (χ1n) is 5.87. The van der Waals surface area contributed by atoms with Crippen LogP contribution in [0, 0.1) is 0 Å². The van der Waals surface area contributed by atoms with E-state index in [1.807, 2.05) is 6.92 Å². The highest BCUT2D eigenvalue weighted by atomic mass is 32.2. The van der Waals surface area contributed by atoms with Gasteiger partial charge in [0.15, 0.2) is 10.3 Å². The maximum absolute atomic E-state index is 11.2. The Hall–Kier alpha value is -2.00. The van der Waals surface area contributed by atoms with Crippen molar-refractivity contribution in [2.75, 3.05) is 0 Å². The number of hydrogen-bond donors (Lipinski definition) is 2. The largest absolute Gasteiger partial charge is 0.339 e. The van der Waals surface area contributed by atoms with E-state index in [1.54, 1.807) is 19.4 Å². The number of nitrogens with zero attached hydrogens (tertiary/aromatic N) is 4. The van der Waals surface area contributed by atoms with E-state index in [4.69, 9.17) is 5.73 Å². The lowest BCUT2D eigenvalue weighted by Gasteiger charge is -2.06. The minimum atomic E-state index is -0.834. The zero-order valence-corrected chi connectivity index (χ0v) is 11.8. The molecule has 0 spiro atoms. The highest BCUT2D eigenvalue weighted by Crippen LogP contribution is 2.19. The average Bonchev–Trinajstić information content (AvgIpc) is 2.37. The van der Waals surface area contributed by atoms with Crippen molar-refractivity contribution in [1.82, 2.24) is 24.7 Å². The molecule has 0 radical (unpaired) electrons. The van der Waals surface area contributed by atoms with Gasteiger partial charge in [0.25, 0.3) is 0 Å². The van der Waals surface area contributed by atoms with Crippen LogP contribution in [-0.2, 0) is 13.5 Å². The van der Waals surface area contributed by atoms with Crippen LogP contribution in [0.1, 0.15) is 12.5 Å². The summed E-state index contributed by atoms with van der Waals surface area (Å²) in [4.78, 5) is 34.3. The standard InChI is InChI=1S/C11H14N6O2S/c1-6(12)3-7-4-13-10(14-5-7)20-11-15-8(18)9(19)16-17(11)2/h4-6H,3,12H2,1-2H3,(H,16,19). The number of aromatic amines is 1. The molecular weight excluding hydrogens is 280 g/mol. The highest BCUT2D eigenvalue weighted by Gasteiger charge is 2.08. The van der Waals surface area contributed by atoms with Crippen LogP contribution in [0.15, 0.2) is 32.3 Å². The Morgan fingerprint density at radius 1 is 1.40 bits per heavy atom. The van der Waals surface area contributed by atoms with Gasteiger partial charge in [0.2, 0.25) is 0 Å². The van der Waals surface area contributed by atoms with Gasteiger partial charge >= 0.3 is 11.1 Å². The molecule has 2 aromatic heterocycles. The van der Waals surface area contributed by atoms with E-state index in [1.165, 1.54) is 4.68 Å². The van der Waals surface area contributed by atoms with Crippen LogP contribution in [0.25, 0.3) is 0 Å². The Morgan fingerprint density at radius 2 is 2.05 bits per heavy atom. The summed E-state index contributed by atoms with van der Waals surface area (Å²) < 4.78 is 1.35. The maximum atomic E-state index is 11.2. The summed E-state index contributed by atoms with van der Waals surface area (Å²) in [6, 6.07) is 0.0405. The number of hydrogen-bond acceptors (Lipinski definition) is 7. The lowest BCUT2D eigenvalue weighted by Crippen LogP contribution is -2.33. The number of H-pyrrole nitrogens is 1. The molecule has 0 aromatic carbocycles. The van der Waals surface area contributed by atoms with Crippen molar-refractivity contribution in [3.8, 4) is 0 Å². The second-order valence-electron chi connectivity index (χ2n) is 4.36. The van der Waals surface area contributed by atoms with E-state index in [0.717, 1.165) is 17.3 Å². The van der Waals surface area contributed by atoms with Gasteiger partial charge in [-0.25, -0.2) is 9.97 Å². The van der Waals surface area contributed by atoms with Crippen LogP contribution < -0.4 is 16.9 Å². The van der Waals surface area contributed by atoms with E-state index >= 15 is 0 Å². The number of nitrogens with two attached hydrogens (primary N) is 1. The third kappa shape index (κ3) is 3.52. The summed E-state index contributed by atoms with van der Waals surface area (Å²) >= 11 is 1.09. The molecule has 106 valence electrons. The smallest absolute Gasteiger partial charge is 0.328 e. The average molecular weight is 294 g/mol. The molecule has 0 aliphatic heterocycles. The molecule has 0 aliphatic rings. The lowest BCUT2D eigenvalue weighted by atomic mass is 10.1. The molecule has 0 fully saturated rings. The van der Waals surface area contributed by atoms with E-state index in [9.17, 15) is 9.59 Å². The van der Waals surface area contributed by atoms with Gasteiger partial charge in [-0.2, -0.15) is 4.98 Å². The first-order valence-corrected chi connectivity index (χ1v) is 6.69. The van der Waals surface area contributed by atoms with Crippen molar-refractivity contribution >= 4 is 11.8 Å². The van der Waals surface area contributed by atoms with E-state index in [0.29, 0.717) is 16.7 Å². The fraction of sp³-hybridized carbons (Fsp3) is 0.364. The predicted molar refractivity (Wildman–Crippen MR) is 73.6 cm³/mol. The fourth-order valence-electron chi connectivity index (χ4n) is 1.51. The third-order valence-corrected chi connectivity index (χ3v) is 3.31. The third-order valence-electron chi connectivity index (χ3n) is 2.37. The molecule has 2 rings (SSSR count). The van der Waals surface area contributed by atoms with Crippen LogP contribution >= 0.6 is 11.8 Å². The van der Waals surface area contributed by atoms with Crippen molar-refractivity contribution in [1.29, 1.82) is 0 Å². The first-order chi connectivity index (χ1) is 9.45. The zero-order valence-electron chi connectivity index (χ0n) is 11.0. The topological polar surface area (TPSA) is 120 Å². The molecule has 20 heavy (non-hydrogen) atoms. The number of rotatable bonds is 4. The van der Waals surface area contributed by atoms with Crippen LogP contribution in [0.5, 0.6) is 0 Å². The van der Waals surface area contributed by atoms with Gasteiger partial charge in [0.1, 0.15) is 0 Å². The molecule has 0 saturated heterocycles. The SMILES string of the molecule is CC(N)Cc1cnc(Sc2nc(=O)c(=O)[nH]n2C)nc1. The molecule has 0 saturated carbocycles. The van der Waals surface area contributed by atoms with Crippen LogP contribution in [-0.4, -0.2) is 30.8 Å². The first kappa shape index (κ1) is 14.4. The van der Waals surface area contributed by atoms with Crippen molar-refractivity contribution < 1.29 is 0 Å². The van der Waals surface area contributed by atoms with Gasteiger partial charge in [-0.1, -0.05) is 0 Å². The molecule has 3 N–H and O–H groups in total. The second-order valence-corrected chi connectivity index (χ2v) is 5.29. The van der Waals surface area contributed by atoms with Gasteiger partial charge in [-0.3, -0.25) is 19.4 Å². The Morgan fingerprint density at radius 3 is 2.65 bits per heavy atom. The molecule has 1 unspecified atom stereocenters. The minimum absolute atomic E-state index is 0.0405. The Kier molecular flexibility index (Phi) is 4.30. The Bertz CT molecular complexity index is 706. The molecule has 1 atom stereocenters. The summed E-state index contributed by atoms with van der Waals surface area (Å²) in [6.07, 6.45) is 4.06. The normalized spacial score (nSPS) is 12.3. The van der Waals surface area contributed by atoms with Gasteiger partial charge < -0.3 is 5.73 Å². The molecule has 0 aliphatic carbocycles. The zero-order chi connectivity index (χ0) is 14.7. The van der Waals surface area contributed by atoms with E-state index in [2.05, 4.69) is 20.1 Å². The molecular formula is C11H14N6O2S. The molecule has 0 bridgehead atoms. The van der Waals surface area contributed by atoms with Gasteiger partial charge in [0, 0.05) is 25.5 Å². The molecule has 0 amide bonds. The maximum Gasteiger partial charge on any atom is 0.339 e. The number of aryl methyl sites for hydroxylation is 1. The van der Waals surface area contributed by atoms with E-state index in [-0.39, 0.29) is 6.04 Å². The van der Waals surface area contributed by atoms with Crippen LogP contribution in [0.3, 0.4) is 0 Å². The van der Waals surface area contributed by atoms with Crippen molar-refractivity contribution in [2.45, 2.75) is 29.7 Å². The molecule has 9 heteroatoms. The van der Waals surface area contributed by atoms with Crippen LogP contribution in [0.4, 0.5) is 0 Å². The van der Waals surface area contributed by atoms with Gasteiger partial charge in [0.05, 0.1) is 0 Å². The second kappa shape index (κ2) is 5.97. The van der Waals surface area contributed by atoms with Gasteiger partial charge in [-0.05, 0) is 30.7 Å². The highest BCUT2D eigenvalue weighted by molar-refractivity contribution is 7.99. The quantitative estimate of drug-likeness (QED) is 0.565. The summed E-state index contributed by atoms with van der Waals surface area (Å²) in [5, 5.41) is 3.11. The monoisotopic (exact) mass is 294 g/mol. The van der Waals surface area contributed by atoms with Crippen molar-refractivity contribution in [2.24, 2.45) is 12.8 Å². The molecule has 8 nitrogen and oxygen atoms in total. The summed E-state index contributed by atoms with van der Waals surface area (Å²) in [5.41, 5.74) is 5.04. The lowest BCUT2D eigenvalue weighted by molar-refractivity contribution is 0.595. The van der Waals surface area contributed by atoms with E-state index < -0.39 is 11.1 Å².